The Kier molecular flexibility index (Phi) is 4.46. The first-order valence-electron chi connectivity index (χ1n) is 6.30. The maximum absolute atomic E-state index is 9.13. The van der Waals surface area contributed by atoms with Crippen molar-refractivity contribution in [1.29, 1.82) is 0 Å². The summed E-state index contributed by atoms with van der Waals surface area (Å²) in [6.07, 6.45) is 1.18. The van der Waals surface area contributed by atoms with Crippen LogP contribution in [0.5, 0.6) is 0 Å². The summed E-state index contributed by atoms with van der Waals surface area (Å²) in [5.41, 5.74) is 1.96. The zero-order valence-corrected chi connectivity index (χ0v) is 12.5. The summed E-state index contributed by atoms with van der Waals surface area (Å²) >= 11 is 8.19. The Morgan fingerprint density at radius 3 is 2.83 bits per heavy atom. The van der Waals surface area contributed by atoms with E-state index in [4.69, 9.17) is 16.7 Å². The van der Waals surface area contributed by atoms with Gasteiger partial charge < -0.3 is 10.0 Å². The van der Waals surface area contributed by atoms with E-state index in [9.17, 15) is 0 Å². The monoisotopic (exact) mass is 285 g/mol. The van der Waals surface area contributed by atoms with E-state index in [1.54, 1.807) is 0 Å². The van der Waals surface area contributed by atoms with Crippen LogP contribution in [0.4, 0.5) is 5.69 Å². The molecule has 2 rings (SSSR count). The topological polar surface area (TPSA) is 23.5 Å². The summed E-state index contributed by atoms with van der Waals surface area (Å²) in [5.74, 6) is 1.15. The van der Waals surface area contributed by atoms with Crippen molar-refractivity contribution in [3.8, 4) is 0 Å². The Balaban J connectivity index is 2.14. The predicted molar refractivity (Wildman–Crippen MR) is 80.7 cm³/mol. The fourth-order valence-electron chi connectivity index (χ4n) is 2.14. The zero-order chi connectivity index (χ0) is 13.2. The van der Waals surface area contributed by atoms with Gasteiger partial charge in [-0.05, 0) is 24.1 Å². The SMILES string of the molecule is CC1(C)CCN(c2ccc(CO)c(Cl)c2)CCS1. The van der Waals surface area contributed by atoms with E-state index in [0.29, 0.717) is 9.77 Å². The van der Waals surface area contributed by atoms with Crippen molar-refractivity contribution >= 4 is 29.1 Å². The number of aliphatic hydroxyl groups is 1. The number of hydrogen-bond donors (Lipinski definition) is 1. The second-order valence-electron chi connectivity index (χ2n) is 5.28. The molecule has 1 aromatic carbocycles. The summed E-state index contributed by atoms with van der Waals surface area (Å²) in [4.78, 5) is 2.38. The molecule has 0 saturated carbocycles. The zero-order valence-electron chi connectivity index (χ0n) is 10.9. The number of aliphatic hydroxyl groups excluding tert-OH is 1. The van der Waals surface area contributed by atoms with Crippen LogP contribution < -0.4 is 4.90 Å². The minimum atomic E-state index is 0.00198. The third-order valence-electron chi connectivity index (χ3n) is 3.41. The Morgan fingerprint density at radius 1 is 1.39 bits per heavy atom. The number of rotatable bonds is 2. The molecule has 18 heavy (non-hydrogen) atoms. The molecule has 0 radical (unpaired) electrons. The maximum Gasteiger partial charge on any atom is 0.0696 e. The van der Waals surface area contributed by atoms with Crippen molar-refractivity contribution in [3.63, 3.8) is 0 Å². The smallest absolute Gasteiger partial charge is 0.0696 e. The van der Waals surface area contributed by atoms with Crippen LogP contribution in [0.3, 0.4) is 0 Å². The van der Waals surface area contributed by atoms with Crippen LogP contribution in [-0.4, -0.2) is 28.7 Å². The van der Waals surface area contributed by atoms with Gasteiger partial charge in [0.15, 0.2) is 0 Å². The Morgan fingerprint density at radius 2 is 2.17 bits per heavy atom. The molecule has 4 heteroatoms. The lowest BCUT2D eigenvalue weighted by Crippen LogP contribution is -2.26. The lowest BCUT2D eigenvalue weighted by atomic mass is 10.1. The van der Waals surface area contributed by atoms with E-state index >= 15 is 0 Å². The van der Waals surface area contributed by atoms with Crippen LogP contribution in [0.25, 0.3) is 0 Å². The number of thioether (sulfide) groups is 1. The molecule has 1 aliphatic heterocycles. The predicted octanol–water partition coefficient (Wildman–Crippen LogP) is 3.55. The van der Waals surface area contributed by atoms with Crippen molar-refractivity contribution < 1.29 is 5.11 Å². The Bertz CT molecular complexity index is 422. The molecular weight excluding hydrogens is 266 g/mol. The van der Waals surface area contributed by atoms with Gasteiger partial charge in [-0.1, -0.05) is 31.5 Å². The lowest BCUT2D eigenvalue weighted by molar-refractivity contribution is 0.282. The fourth-order valence-corrected chi connectivity index (χ4v) is 3.47. The van der Waals surface area contributed by atoms with Gasteiger partial charge in [0.1, 0.15) is 0 Å². The van der Waals surface area contributed by atoms with Crippen molar-refractivity contribution in [1.82, 2.24) is 0 Å². The quantitative estimate of drug-likeness (QED) is 0.899. The molecule has 100 valence electrons. The molecule has 2 nitrogen and oxygen atoms in total. The number of anilines is 1. The van der Waals surface area contributed by atoms with Crippen LogP contribution in [0.1, 0.15) is 25.8 Å². The van der Waals surface area contributed by atoms with Gasteiger partial charge in [0.05, 0.1) is 6.61 Å². The van der Waals surface area contributed by atoms with Gasteiger partial charge in [0.25, 0.3) is 0 Å². The summed E-state index contributed by atoms with van der Waals surface area (Å²) in [6, 6.07) is 5.94. The van der Waals surface area contributed by atoms with Gasteiger partial charge in [0, 0.05) is 34.3 Å². The van der Waals surface area contributed by atoms with Gasteiger partial charge in [-0.25, -0.2) is 0 Å². The van der Waals surface area contributed by atoms with E-state index in [2.05, 4.69) is 24.8 Å². The lowest BCUT2D eigenvalue weighted by Gasteiger charge is -2.24. The number of halogens is 1. The average molecular weight is 286 g/mol. The molecule has 0 aliphatic carbocycles. The third-order valence-corrected chi connectivity index (χ3v) is 5.13. The van der Waals surface area contributed by atoms with Gasteiger partial charge >= 0.3 is 0 Å². The highest BCUT2D eigenvalue weighted by Gasteiger charge is 2.23. The molecule has 0 amide bonds. The molecule has 1 aromatic rings. The minimum absolute atomic E-state index is 0.00198. The minimum Gasteiger partial charge on any atom is -0.392 e. The van der Waals surface area contributed by atoms with Crippen LogP contribution >= 0.6 is 23.4 Å². The molecule has 1 heterocycles. The number of hydrogen-bond acceptors (Lipinski definition) is 3. The summed E-state index contributed by atoms with van der Waals surface area (Å²) in [5, 5.41) is 9.79. The first kappa shape index (κ1) is 14.0. The molecule has 1 saturated heterocycles. The largest absolute Gasteiger partial charge is 0.392 e. The fraction of sp³-hybridized carbons (Fsp3) is 0.571. The van der Waals surface area contributed by atoms with Gasteiger partial charge in [-0.3, -0.25) is 0 Å². The van der Waals surface area contributed by atoms with Crippen molar-refractivity contribution in [2.45, 2.75) is 31.6 Å². The highest BCUT2D eigenvalue weighted by atomic mass is 35.5. The van der Waals surface area contributed by atoms with Crippen molar-refractivity contribution in [2.75, 3.05) is 23.7 Å². The highest BCUT2D eigenvalue weighted by molar-refractivity contribution is 8.00. The summed E-state index contributed by atoms with van der Waals surface area (Å²) in [7, 11) is 0. The van der Waals surface area contributed by atoms with Gasteiger partial charge in [-0.15, -0.1) is 0 Å². The summed E-state index contributed by atoms with van der Waals surface area (Å²) in [6.45, 7) is 6.74. The number of benzene rings is 1. The van der Waals surface area contributed by atoms with Crippen LogP contribution in [-0.2, 0) is 6.61 Å². The second kappa shape index (κ2) is 5.72. The standard InChI is InChI=1S/C14H20ClNOS/c1-14(2)5-6-16(7-8-18-14)12-4-3-11(10-17)13(15)9-12/h3-4,9,17H,5-8,10H2,1-2H3. The molecule has 0 aromatic heterocycles. The molecular formula is C14H20ClNOS. The first-order valence-corrected chi connectivity index (χ1v) is 7.66. The third kappa shape index (κ3) is 3.34. The van der Waals surface area contributed by atoms with Crippen LogP contribution in [0, 0.1) is 0 Å². The molecule has 0 bridgehead atoms. The van der Waals surface area contributed by atoms with E-state index in [0.717, 1.165) is 30.1 Å². The first-order chi connectivity index (χ1) is 8.52. The van der Waals surface area contributed by atoms with Crippen molar-refractivity contribution in [2.24, 2.45) is 0 Å². The van der Waals surface area contributed by atoms with E-state index in [-0.39, 0.29) is 6.61 Å². The molecule has 1 aliphatic rings. The van der Waals surface area contributed by atoms with Crippen molar-refractivity contribution in [3.05, 3.63) is 28.8 Å². The molecule has 0 atom stereocenters. The normalized spacial score (nSPS) is 19.7. The molecule has 1 N–H and O–H groups in total. The van der Waals surface area contributed by atoms with Crippen LogP contribution in [0.15, 0.2) is 18.2 Å². The van der Waals surface area contributed by atoms with E-state index < -0.39 is 0 Å². The average Bonchev–Trinajstić information content (AvgIpc) is 2.50. The molecule has 0 unspecified atom stereocenters. The number of nitrogens with zero attached hydrogens (tertiary/aromatic N) is 1. The van der Waals surface area contributed by atoms with Gasteiger partial charge in [0.2, 0.25) is 0 Å². The maximum atomic E-state index is 9.13. The second-order valence-corrected chi connectivity index (χ2v) is 7.49. The Hall–Kier alpha value is -0.380. The van der Waals surface area contributed by atoms with Crippen LogP contribution in [0.2, 0.25) is 5.02 Å². The van der Waals surface area contributed by atoms with E-state index in [1.165, 1.54) is 6.42 Å². The molecule has 1 fully saturated rings. The molecule has 0 spiro atoms. The van der Waals surface area contributed by atoms with Gasteiger partial charge in [-0.2, -0.15) is 11.8 Å². The van der Waals surface area contributed by atoms with E-state index in [1.807, 2.05) is 23.9 Å². The summed E-state index contributed by atoms with van der Waals surface area (Å²) < 4.78 is 0.365. The Labute approximate surface area is 118 Å². The highest BCUT2D eigenvalue weighted by Crippen LogP contribution is 2.33.